The van der Waals surface area contributed by atoms with Crippen LogP contribution in [0.2, 0.25) is 0 Å². The molecule has 1 amide bonds. The Kier molecular flexibility index (Phi) is 8.39. The van der Waals surface area contributed by atoms with Crippen molar-refractivity contribution in [3.05, 3.63) is 52.4 Å². The molecule has 0 spiro atoms. The van der Waals surface area contributed by atoms with Crippen molar-refractivity contribution in [1.29, 1.82) is 0 Å². The van der Waals surface area contributed by atoms with Crippen LogP contribution in [0.3, 0.4) is 0 Å². The van der Waals surface area contributed by atoms with Crippen LogP contribution in [0.4, 0.5) is 0 Å². The summed E-state index contributed by atoms with van der Waals surface area (Å²) in [5.41, 5.74) is 1.19. The highest BCUT2D eigenvalue weighted by Gasteiger charge is 2.42. The third kappa shape index (κ3) is 5.45. The molecule has 1 aliphatic heterocycles. The van der Waals surface area contributed by atoms with Gasteiger partial charge in [-0.25, -0.2) is 9.59 Å². The van der Waals surface area contributed by atoms with E-state index in [1.165, 1.54) is 7.11 Å². The van der Waals surface area contributed by atoms with Crippen LogP contribution < -0.4 is 15.4 Å². The third-order valence-corrected chi connectivity index (χ3v) is 4.82. The van der Waals surface area contributed by atoms with E-state index in [9.17, 15) is 19.2 Å². The van der Waals surface area contributed by atoms with Gasteiger partial charge in [0, 0.05) is 23.5 Å². The Bertz CT molecular complexity index is 942. The number of hydrogen-bond acceptors (Lipinski definition) is 9. The minimum absolute atomic E-state index is 0.0991. The summed E-state index contributed by atoms with van der Waals surface area (Å²) in [5, 5.41) is 5.49. The first-order valence-corrected chi connectivity index (χ1v) is 9.65. The molecule has 0 aromatic heterocycles. The molecule has 0 fully saturated rings. The zero-order valence-electron chi connectivity index (χ0n) is 18.6. The average molecular weight is 446 g/mol. The van der Waals surface area contributed by atoms with Crippen molar-refractivity contribution in [3.63, 3.8) is 0 Å². The highest BCUT2D eigenvalue weighted by Crippen LogP contribution is 2.32. The normalized spacial score (nSPS) is 13.8. The lowest BCUT2D eigenvalue weighted by Gasteiger charge is -2.28. The Labute approximate surface area is 185 Å². The molecule has 32 heavy (non-hydrogen) atoms. The summed E-state index contributed by atoms with van der Waals surface area (Å²) in [4.78, 5) is 49.8. The summed E-state index contributed by atoms with van der Waals surface area (Å²) in [5.74, 6) is -3.96. The number of dihydropyridines is 1. The van der Waals surface area contributed by atoms with E-state index in [1.807, 2.05) is 0 Å². The maximum atomic E-state index is 12.9. The first kappa shape index (κ1) is 24.4. The molecule has 0 saturated carbocycles. The van der Waals surface area contributed by atoms with E-state index in [1.54, 1.807) is 38.1 Å². The van der Waals surface area contributed by atoms with Crippen molar-refractivity contribution < 1.29 is 38.1 Å². The van der Waals surface area contributed by atoms with E-state index in [0.29, 0.717) is 17.1 Å². The number of amides is 1. The van der Waals surface area contributed by atoms with E-state index in [-0.39, 0.29) is 17.7 Å². The van der Waals surface area contributed by atoms with Crippen LogP contribution in [0.25, 0.3) is 0 Å². The number of carbonyl (C=O) groups excluding carboxylic acids is 4. The van der Waals surface area contributed by atoms with Crippen molar-refractivity contribution >= 4 is 23.8 Å². The van der Waals surface area contributed by atoms with Gasteiger partial charge in [0.1, 0.15) is 11.7 Å². The Morgan fingerprint density at radius 3 is 2.03 bits per heavy atom. The average Bonchev–Trinajstić information content (AvgIpc) is 2.79. The topological polar surface area (TPSA) is 129 Å². The van der Waals surface area contributed by atoms with Gasteiger partial charge in [-0.1, -0.05) is 18.2 Å². The van der Waals surface area contributed by atoms with Crippen LogP contribution >= 0.6 is 0 Å². The second-order valence-electron chi connectivity index (χ2n) is 6.81. The fourth-order valence-electron chi connectivity index (χ4n) is 3.30. The molecule has 0 bridgehead atoms. The number of ether oxygens (including phenoxy) is 4. The summed E-state index contributed by atoms with van der Waals surface area (Å²) in [6.45, 7) is 2.67. The van der Waals surface area contributed by atoms with E-state index < -0.39 is 36.3 Å². The van der Waals surface area contributed by atoms with Crippen molar-refractivity contribution in [1.82, 2.24) is 10.6 Å². The Hall–Kier alpha value is -3.82. The summed E-state index contributed by atoms with van der Waals surface area (Å²) in [6.07, 6.45) is 0. The molecule has 1 heterocycles. The molecule has 0 radical (unpaired) electrons. The molecule has 0 unspecified atom stereocenters. The summed E-state index contributed by atoms with van der Waals surface area (Å²) in [7, 11) is 3.82. The predicted molar refractivity (Wildman–Crippen MR) is 112 cm³/mol. The second kappa shape index (κ2) is 11.0. The highest BCUT2D eigenvalue weighted by molar-refractivity contribution is 6.05. The van der Waals surface area contributed by atoms with Gasteiger partial charge in [0.05, 0.1) is 32.5 Å². The quantitative estimate of drug-likeness (QED) is 0.443. The van der Waals surface area contributed by atoms with Crippen molar-refractivity contribution in [3.8, 4) is 5.75 Å². The molecule has 10 nitrogen and oxygen atoms in total. The lowest BCUT2D eigenvalue weighted by molar-refractivity contribution is -0.153. The number of esters is 3. The molecule has 0 saturated heterocycles. The maximum Gasteiger partial charge on any atom is 0.336 e. The smallest absolute Gasteiger partial charge is 0.336 e. The number of para-hydroxylation sites is 1. The number of carbonyl (C=O) groups is 4. The SMILES string of the molecule is COC(=O)C1=C(C)NC(C)=C(C(=O)OC)C1C(=O)OCC(=O)NCc1ccccc1OC. The van der Waals surface area contributed by atoms with Gasteiger partial charge < -0.3 is 29.6 Å². The van der Waals surface area contributed by atoms with Crippen LogP contribution in [0.15, 0.2) is 46.8 Å². The molecule has 0 aliphatic carbocycles. The van der Waals surface area contributed by atoms with Gasteiger partial charge in [0.25, 0.3) is 5.91 Å². The molecule has 2 N–H and O–H groups in total. The number of nitrogens with one attached hydrogen (secondary N) is 2. The van der Waals surface area contributed by atoms with Gasteiger partial charge in [-0.15, -0.1) is 0 Å². The first-order valence-electron chi connectivity index (χ1n) is 9.65. The summed E-state index contributed by atoms with van der Waals surface area (Å²) >= 11 is 0. The minimum atomic E-state index is -1.40. The van der Waals surface area contributed by atoms with Crippen LogP contribution in [-0.4, -0.2) is 51.8 Å². The molecular weight excluding hydrogens is 420 g/mol. The molecule has 1 aromatic carbocycles. The second-order valence-corrected chi connectivity index (χ2v) is 6.81. The number of benzene rings is 1. The standard InChI is InChI=1S/C22H26N2O8/c1-12-17(20(26)30-4)19(18(13(2)24-12)21(27)31-5)22(28)32-11-16(25)23-10-14-8-6-7-9-15(14)29-3/h6-9,19,24H,10-11H2,1-5H3,(H,23,25). The Balaban J connectivity index is 2.15. The molecule has 172 valence electrons. The largest absolute Gasteiger partial charge is 0.496 e. The molecule has 2 rings (SSSR count). The number of rotatable bonds is 8. The van der Waals surface area contributed by atoms with Gasteiger partial charge in [0.2, 0.25) is 0 Å². The minimum Gasteiger partial charge on any atom is -0.496 e. The predicted octanol–water partition coefficient (Wildman–Crippen LogP) is 0.968. The number of hydrogen-bond donors (Lipinski definition) is 2. The van der Waals surface area contributed by atoms with Crippen molar-refractivity contribution in [2.45, 2.75) is 20.4 Å². The van der Waals surface area contributed by atoms with Gasteiger partial charge >= 0.3 is 17.9 Å². The van der Waals surface area contributed by atoms with Crippen molar-refractivity contribution in [2.24, 2.45) is 5.92 Å². The number of allylic oxidation sites excluding steroid dienone is 2. The maximum absolute atomic E-state index is 12.9. The van der Waals surface area contributed by atoms with Gasteiger partial charge in [-0.3, -0.25) is 9.59 Å². The fraction of sp³-hybridized carbons (Fsp3) is 0.364. The summed E-state index contributed by atoms with van der Waals surface area (Å²) < 4.78 is 19.9. The zero-order chi connectivity index (χ0) is 23.8. The monoisotopic (exact) mass is 446 g/mol. The summed E-state index contributed by atoms with van der Waals surface area (Å²) in [6, 6.07) is 7.14. The fourth-order valence-corrected chi connectivity index (χ4v) is 3.30. The van der Waals surface area contributed by atoms with E-state index in [0.717, 1.165) is 19.8 Å². The Morgan fingerprint density at radius 2 is 1.50 bits per heavy atom. The molecule has 1 aliphatic rings. The lowest BCUT2D eigenvalue weighted by atomic mass is 9.85. The van der Waals surface area contributed by atoms with Crippen LogP contribution in [0.1, 0.15) is 19.4 Å². The molecule has 10 heteroatoms. The van der Waals surface area contributed by atoms with Crippen molar-refractivity contribution in [2.75, 3.05) is 27.9 Å². The van der Waals surface area contributed by atoms with Crippen LogP contribution in [0, 0.1) is 5.92 Å². The number of methoxy groups -OCH3 is 3. The van der Waals surface area contributed by atoms with E-state index in [2.05, 4.69) is 10.6 Å². The Morgan fingerprint density at radius 1 is 0.938 bits per heavy atom. The molecule has 0 atom stereocenters. The van der Waals surface area contributed by atoms with Gasteiger partial charge in [-0.05, 0) is 19.9 Å². The lowest BCUT2D eigenvalue weighted by Crippen LogP contribution is -2.39. The third-order valence-electron chi connectivity index (χ3n) is 4.82. The highest BCUT2D eigenvalue weighted by atomic mass is 16.5. The zero-order valence-corrected chi connectivity index (χ0v) is 18.6. The van der Waals surface area contributed by atoms with Crippen LogP contribution in [0.5, 0.6) is 5.75 Å². The molecule has 1 aromatic rings. The first-order chi connectivity index (χ1) is 15.2. The van der Waals surface area contributed by atoms with Gasteiger partial charge in [-0.2, -0.15) is 0 Å². The van der Waals surface area contributed by atoms with E-state index >= 15 is 0 Å². The molecular formula is C22H26N2O8. The van der Waals surface area contributed by atoms with E-state index in [4.69, 9.17) is 18.9 Å². The van der Waals surface area contributed by atoms with Gasteiger partial charge in [0.15, 0.2) is 6.61 Å². The van der Waals surface area contributed by atoms with Crippen LogP contribution in [-0.2, 0) is 39.9 Å².